The van der Waals surface area contributed by atoms with Gasteiger partial charge in [0.05, 0.1) is 0 Å². The van der Waals surface area contributed by atoms with Crippen LogP contribution in [0.3, 0.4) is 0 Å². The molecule has 134 valence electrons. The SMILES string of the molecule is c1ccc(CCC(CNCc2ccccc2)NCc2ccccc2)cc1. The van der Waals surface area contributed by atoms with Gasteiger partial charge in [0.1, 0.15) is 0 Å². The van der Waals surface area contributed by atoms with Gasteiger partial charge in [0.15, 0.2) is 0 Å². The van der Waals surface area contributed by atoms with E-state index in [1.807, 2.05) is 0 Å². The lowest BCUT2D eigenvalue weighted by atomic mass is 10.0. The Morgan fingerprint density at radius 3 is 1.65 bits per heavy atom. The summed E-state index contributed by atoms with van der Waals surface area (Å²) < 4.78 is 0. The van der Waals surface area contributed by atoms with E-state index in [0.29, 0.717) is 6.04 Å². The molecule has 0 saturated heterocycles. The molecule has 0 spiro atoms. The van der Waals surface area contributed by atoms with Gasteiger partial charge in [-0.15, -0.1) is 0 Å². The summed E-state index contributed by atoms with van der Waals surface area (Å²) >= 11 is 0. The van der Waals surface area contributed by atoms with Crippen LogP contribution in [0.2, 0.25) is 0 Å². The van der Waals surface area contributed by atoms with E-state index < -0.39 is 0 Å². The van der Waals surface area contributed by atoms with Crippen molar-refractivity contribution < 1.29 is 0 Å². The molecule has 0 aliphatic rings. The maximum atomic E-state index is 3.73. The van der Waals surface area contributed by atoms with Gasteiger partial charge >= 0.3 is 0 Å². The lowest BCUT2D eigenvalue weighted by molar-refractivity contribution is 0.446. The third kappa shape index (κ3) is 6.47. The fraction of sp³-hybridized carbons (Fsp3) is 0.250. The summed E-state index contributed by atoms with van der Waals surface area (Å²) in [6, 6.07) is 32.4. The fourth-order valence-electron chi connectivity index (χ4n) is 3.11. The number of nitrogens with one attached hydrogen (secondary N) is 2. The van der Waals surface area contributed by atoms with Crippen molar-refractivity contribution in [1.29, 1.82) is 0 Å². The predicted octanol–water partition coefficient (Wildman–Crippen LogP) is 4.57. The van der Waals surface area contributed by atoms with Crippen molar-refractivity contribution in [3.05, 3.63) is 108 Å². The Labute approximate surface area is 157 Å². The second-order valence-corrected chi connectivity index (χ2v) is 6.70. The molecule has 0 amide bonds. The fourth-order valence-corrected chi connectivity index (χ4v) is 3.11. The van der Waals surface area contributed by atoms with Gasteiger partial charge in [0.2, 0.25) is 0 Å². The molecule has 1 unspecified atom stereocenters. The second kappa shape index (κ2) is 10.5. The van der Waals surface area contributed by atoms with Crippen LogP contribution >= 0.6 is 0 Å². The van der Waals surface area contributed by atoms with E-state index in [4.69, 9.17) is 0 Å². The van der Waals surface area contributed by atoms with Crippen molar-refractivity contribution >= 4 is 0 Å². The molecule has 0 aliphatic heterocycles. The Morgan fingerprint density at radius 1 is 0.577 bits per heavy atom. The van der Waals surface area contributed by atoms with Crippen LogP contribution in [0.1, 0.15) is 23.1 Å². The minimum atomic E-state index is 0.444. The van der Waals surface area contributed by atoms with E-state index in [0.717, 1.165) is 32.5 Å². The smallest absolute Gasteiger partial charge is 0.0208 e. The molecule has 0 aromatic heterocycles. The van der Waals surface area contributed by atoms with Crippen LogP contribution < -0.4 is 10.6 Å². The first-order chi connectivity index (χ1) is 12.9. The molecule has 0 radical (unpaired) electrons. The zero-order valence-corrected chi connectivity index (χ0v) is 15.3. The number of hydrogen-bond donors (Lipinski definition) is 2. The minimum Gasteiger partial charge on any atom is -0.311 e. The first-order valence-corrected chi connectivity index (χ1v) is 9.46. The molecule has 3 rings (SSSR count). The molecular weight excluding hydrogens is 316 g/mol. The Balaban J connectivity index is 1.51. The Bertz CT molecular complexity index is 682. The topological polar surface area (TPSA) is 24.1 Å². The van der Waals surface area contributed by atoms with E-state index in [1.54, 1.807) is 0 Å². The lowest BCUT2D eigenvalue weighted by Crippen LogP contribution is -2.38. The molecular formula is C24H28N2. The number of benzene rings is 3. The highest BCUT2D eigenvalue weighted by Crippen LogP contribution is 2.07. The van der Waals surface area contributed by atoms with Gasteiger partial charge < -0.3 is 10.6 Å². The normalized spacial score (nSPS) is 12.0. The third-order valence-electron chi connectivity index (χ3n) is 4.62. The van der Waals surface area contributed by atoms with Gasteiger partial charge in [-0.2, -0.15) is 0 Å². The van der Waals surface area contributed by atoms with Crippen molar-refractivity contribution in [3.63, 3.8) is 0 Å². The highest BCUT2D eigenvalue weighted by molar-refractivity contribution is 5.16. The molecule has 1 atom stereocenters. The van der Waals surface area contributed by atoms with Gasteiger partial charge in [-0.25, -0.2) is 0 Å². The summed E-state index contributed by atoms with van der Waals surface area (Å²) in [4.78, 5) is 0. The second-order valence-electron chi connectivity index (χ2n) is 6.70. The van der Waals surface area contributed by atoms with E-state index in [1.165, 1.54) is 16.7 Å². The summed E-state index contributed by atoms with van der Waals surface area (Å²) in [5, 5.41) is 7.34. The van der Waals surface area contributed by atoms with E-state index >= 15 is 0 Å². The predicted molar refractivity (Wildman–Crippen MR) is 110 cm³/mol. The molecule has 2 heteroatoms. The zero-order valence-electron chi connectivity index (χ0n) is 15.3. The molecule has 3 aromatic rings. The van der Waals surface area contributed by atoms with Gasteiger partial charge in [-0.3, -0.25) is 0 Å². The summed E-state index contributed by atoms with van der Waals surface area (Å²) in [6.07, 6.45) is 2.22. The summed E-state index contributed by atoms with van der Waals surface area (Å²) in [7, 11) is 0. The summed E-state index contributed by atoms with van der Waals surface area (Å²) in [5.74, 6) is 0. The van der Waals surface area contributed by atoms with Crippen LogP contribution in [-0.4, -0.2) is 12.6 Å². The standard InChI is InChI=1S/C24H28N2/c1-4-10-21(11-5-1)16-17-24(26-19-23-14-8-3-9-15-23)20-25-18-22-12-6-2-7-13-22/h1-15,24-26H,16-20H2. The maximum absolute atomic E-state index is 3.73. The van der Waals surface area contributed by atoms with Crippen molar-refractivity contribution in [2.75, 3.05) is 6.54 Å². The lowest BCUT2D eigenvalue weighted by Gasteiger charge is -2.20. The van der Waals surface area contributed by atoms with Crippen molar-refractivity contribution in [2.45, 2.75) is 32.0 Å². The monoisotopic (exact) mass is 344 g/mol. The van der Waals surface area contributed by atoms with E-state index in [2.05, 4.69) is 102 Å². The average Bonchev–Trinajstić information content (AvgIpc) is 2.72. The summed E-state index contributed by atoms with van der Waals surface area (Å²) in [6.45, 7) is 2.79. The van der Waals surface area contributed by atoms with Crippen molar-refractivity contribution in [3.8, 4) is 0 Å². The van der Waals surface area contributed by atoms with Crippen LogP contribution in [0.25, 0.3) is 0 Å². The molecule has 0 bridgehead atoms. The Morgan fingerprint density at radius 2 is 1.08 bits per heavy atom. The highest BCUT2D eigenvalue weighted by atomic mass is 15.0. The number of aryl methyl sites for hydroxylation is 1. The largest absolute Gasteiger partial charge is 0.311 e. The molecule has 0 saturated carbocycles. The maximum Gasteiger partial charge on any atom is 0.0208 e. The first-order valence-electron chi connectivity index (χ1n) is 9.46. The minimum absolute atomic E-state index is 0.444. The Kier molecular flexibility index (Phi) is 7.45. The van der Waals surface area contributed by atoms with Gasteiger partial charge in [-0.1, -0.05) is 91.0 Å². The third-order valence-corrected chi connectivity index (χ3v) is 4.62. The van der Waals surface area contributed by atoms with Crippen molar-refractivity contribution in [1.82, 2.24) is 10.6 Å². The molecule has 2 N–H and O–H groups in total. The molecule has 2 nitrogen and oxygen atoms in total. The Hall–Kier alpha value is -2.42. The molecule has 0 fully saturated rings. The van der Waals surface area contributed by atoms with Gasteiger partial charge in [0.25, 0.3) is 0 Å². The molecule has 0 heterocycles. The molecule has 3 aromatic carbocycles. The molecule has 26 heavy (non-hydrogen) atoms. The number of rotatable bonds is 10. The van der Waals surface area contributed by atoms with Crippen LogP contribution in [-0.2, 0) is 19.5 Å². The summed E-state index contributed by atoms with van der Waals surface area (Å²) in [5.41, 5.74) is 4.07. The van der Waals surface area contributed by atoms with E-state index in [-0.39, 0.29) is 0 Å². The van der Waals surface area contributed by atoms with Crippen LogP contribution in [0.5, 0.6) is 0 Å². The average molecular weight is 345 g/mol. The van der Waals surface area contributed by atoms with Crippen molar-refractivity contribution in [2.24, 2.45) is 0 Å². The molecule has 0 aliphatic carbocycles. The highest BCUT2D eigenvalue weighted by Gasteiger charge is 2.08. The van der Waals surface area contributed by atoms with Crippen LogP contribution in [0, 0.1) is 0 Å². The van der Waals surface area contributed by atoms with Crippen LogP contribution in [0.4, 0.5) is 0 Å². The number of hydrogen-bond acceptors (Lipinski definition) is 2. The van der Waals surface area contributed by atoms with Gasteiger partial charge in [0, 0.05) is 25.7 Å². The van der Waals surface area contributed by atoms with E-state index in [9.17, 15) is 0 Å². The van der Waals surface area contributed by atoms with Gasteiger partial charge in [-0.05, 0) is 29.5 Å². The first kappa shape index (κ1) is 18.4. The van der Waals surface area contributed by atoms with Crippen LogP contribution in [0.15, 0.2) is 91.0 Å². The zero-order chi connectivity index (χ0) is 17.9. The quantitative estimate of drug-likeness (QED) is 0.563.